The minimum atomic E-state index is -0.643. The molecule has 21 heavy (non-hydrogen) atoms. The van der Waals surface area contributed by atoms with Crippen molar-refractivity contribution < 1.29 is 9.59 Å². The van der Waals surface area contributed by atoms with Crippen LogP contribution in [0.15, 0.2) is 30.6 Å². The largest absolute Gasteiger partial charge is 0.325 e. The van der Waals surface area contributed by atoms with E-state index in [4.69, 9.17) is 0 Å². The number of rotatable bonds is 2. The number of hydrogen-bond donors (Lipinski definition) is 1. The summed E-state index contributed by atoms with van der Waals surface area (Å²) in [5.41, 5.74) is 0.894. The van der Waals surface area contributed by atoms with E-state index >= 15 is 0 Å². The lowest BCUT2D eigenvalue weighted by atomic mass is 9.98. The molecule has 3 heterocycles. The summed E-state index contributed by atoms with van der Waals surface area (Å²) < 4.78 is 1.89. The molecular formula is C15H16N4O2. The van der Waals surface area contributed by atoms with Gasteiger partial charge < -0.3 is 9.72 Å². The Hall–Kier alpha value is -2.37. The van der Waals surface area contributed by atoms with Gasteiger partial charge in [-0.25, -0.2) is 9.78 Å². The molecule has 1 spiro atoms. The van der Waals surface area contributed by atoms with Gasteiger partial charge >= 0.3 is 6.03 Å². The topological polar surface area (TPSA) is 66.7 Å². The molecule has 1 N–H and O–H groups in total. The molecular weight excluding hydrogens is 268 g/mol. The Bertz CT molecular complexity index is 697. The van der Waals surface area contributed by atoms with Crippen molar-refractivity contribution in [3.63, 3.8) is 0 Å². The quantitative estimate of drug-likeness (QED) is 0.854. The van der Waals surface area contributed by atoms with Crippen molar-refractivity contribution in [2.45, 2.75) is 37.8 Å². The van der Waals surface area contributed by atoms with Crippen LogP contribution in [0.25, 0.3) is 5.65 Å². The smallest absolute Gasteiger partial charge is 0.323 e. The number of hydrogen-bond acceptors (Lipinski definition) is 3. The van der Waals surface area contributed by atoms with Crippen LogP contribution in [-0.2, 0) is 11.3 Å². The van der Waals surface area contributed by atoms with Gasteiger partial charge in [0, 0.05) is 12.4 Å². The van der Waals surface area contributed by atoms with Gasteiger partial charge in [0.1, 0.15) is 11.2 Å². The van der Waals surface area contributed by atoms with E-state index in [1.165, 1.54) is 4.90 Å². The second kappa shape index (κ2) is 4.31. The van der Waals surface area contributed by atoms with Crippen molar-refractivity contribution in [2.75, 3.05) is 0 Å². The fourth-order valence-electron chi connectivity index (χ4n) is 3.36. The molecule has 1 saturated carbocycles. The SMILES string of the molecule is O=C1NC2(CCCC2)C(=O)N1Cc1cn2ccccc2n1. The highest BCUT2D eigenvalue weighted by Crippen LogP contribution is 2.35. The molecule has 0 bridgehead atoms. The first-order valence-corrected chi connectivity index (χ1v) is 7.25. The highest BCUT2D eigenvalue weighted by Gasteiger charge is 2.52. The van der Waals surface area contributed by atoms with E-state index in [0.29, 0.717) is 0 Å². The highest BCUT2D eigenvalue weighted by atomic mass is 16.2. The van der Waals surface area contributed by atoms with Crippen LogP contribution in [0.2, 0.25) is 0 Å². The van der Waals surface area contributed by atoms with Crippen molar-refractivity contribution >= 4 is 17.6 Å². The zero-order valence-corrected chi connectivity index (χ0v) is 11.6. The predicted molar refractivity (Wildman–Crippen MR) is 75.5 cm³/mol. The standard InChI is InChI=1S/C15H16N4O2/c20-13-15(6-2-3-7-15)17-14(21)19(13)10-11-9-18-8-4-1-5-12(18)16-11/h1,4-5,8-9H,2-3,6-7,10H2,(H,17,21). The third-order valence-corrected chi connectivity index (χ3v) is 4.44. The van der Waals surface area contributed by atoms with E-state index < -0.39 is 5.54 Å². The summed E-state index contributed by atoms with van der Waals surface area (Å²) in [7, 11) is 0. The molecule has 2 fully saturated rings. The van der Waals surface area contributed by atoms with Crippen molar-refractivity contribution in [3.05, 3.63) is 36.3 Å². The Balaban J connectivity index is 1.61. The number of aromatic nitrogens is 2. The Kier molecular flexibility index (Phi) is 2.54. The number of imide groups is 1. The fraction of sp³-hybridized carbons (Fsp3) is 0.400. The number of fused-ring (bicyclic) bond motifs is 1. The van der Waals surface area contributed by atoms with Crippen LogP contribution in [0.5, 0.6) is 0 Å². The van der Waals surface area contributed by atoms with Gasteiger partial charge in [0.25, 0.3) is 5.91 Å². The van der Waals surface area contributed by atoms with E-state index in [1.807, 2.05) is 35.0 Å². The Morgan fingerprint density at radius 3 is 2.81 bits per heavy atom. The van der Waals surface area contributed by atoms with Gasteiger partial charge in [-0.15, -0.1) is 0 Å². The maximum atomic E-state index is 12.6. The summed E-state index contributed by atoms with van der Waals surface area (Å²) in [6, 6.07) is 5.43. The molecule has 2 aromatic rings. The first-order valence-electron chi connectivity index (χ1n) is 7.25. The maximum absolute atomic E-state index is 12.6. The van der Waals surface area contributed by atoms with Crippen LogP contribution in [0.4, 0.5) is 4.79 Å². The van der Waals surface area contributed by atoms with Gasteiger partial charge in [-0.1, -0.05) is 18.9 Å². The summed E-state index contributed by atoms with van der Waals surface area (Å²) in [6.07, 6.45) is 7.24. The third kappa shape index (κ3) is 1.82. The molecule has 0 radical (unpaired) electrons. The summed E-state index contributed by atoms with van der Waals surface area (Å²) in [5.74, 6) is -0.0953. The van der Waals surface area contributed by atoms with Crippen molar-refractivity contribution in [1.82, 2.24) is 19.6 Å². The van der Waals surface area contributed by atoms with Gasteiger partial charge in [0.15, 0.2) is 0 Å². The zero-order valence-electron chi connectivity index (χ0n) is 11.6. The Labute approximate surface area is 121 Å². The second-order valence-corrected chi connectivity index (χ2v) is 5.81. The van der Waals surface area contributed by atoms with Crippen molar-refractivity contribution in [1.29, 1.82) is 0 Å². The third-order valence-electron chi connectivity index (χ3n) is 4.44. The average molecular weight is 284 g/mol. The molecule has 1 aliphatic heterocycles. The van der Waals surface area contributed by atoms with E-state index in [1.54, 1.807) is 0 Å². The molecule has 108 valence electrons. The molecule has 4 rings (SSSR count). The number of carbonyl (C=O) groups excluding carboxylic acids is 2. The summed E-state index contributed by atoms with van der Waals surface area (Å²) in [4.78, 5) is 30.4. The summed E-state index contributed by atoms with van der Waals surface area (Å²) >= 11 is 0. The van der Waals surface area contributed by atoms with E-state index in [9.17, 15) is 9.59 Å². The average Bonchev–Trinajstić information content (AvgIpc) is 3.14. The van der Waals surface area contributed by atoms with E-state index in [2.05, 4.69) is 10.3 Å². The zero-order chi connectivity index (χ0) is 14.4. The minimum Gasteiger partial charge on any atom is -0.323 e. The Morgan fingerprint density at radius 1 is 1.24 bits per heavy atom. The molecule has 0 unspecified atom stereocenters. The van der Waals surface area contributed by atoms with E-state index in [-0.39, 0.29) is 18.5 Å². The number of carbonyl (C=O) groups is 2. The maximum Gasteiger partial charge on any atom is 0.325 e. The summed E-state index contributed by atoms with van der Waals surface area (Å²) in [5, 5.41) is 2.89. The lowest BCUT2D eigenvalue weighted by Gasteiger charge is -2.19. The fourth-order valence-corrected chi connectivity index (χ4v) is 3.36. The van der Waals surface area contributed by atoms with E-state index in [0.717, 1.165) is 37.0 Å². The molecule has 6 heteroatoms. The molecule has 0 aromatic carbocycles. The first-order chi connectivity index (χ1) is 10.2. The van der Waals surface area contributed by atoms with Crippen LogP contribution < -0.4 is 5.32 Å². The lowest BCUT2D eigenvalue weighted by molar-refractivity contribution is -0.131. The van der Waals surface area contributed by atoms with Crippen molar-refractivity contribution in [2.24, 2.45) is 0 Å². The van der Waals surface area contributed by atoms with Gasteiger partial charge in [-0.05, 0) is 25.0 Å². The number of urea groups is 1. The van der Waals surface area contributed by atoms with Gasteiger partial charge in [0.05, 0.1) is 12.2 Å². The molecule has 1 aliphatic carbocycles. The van der Waals surface area contributed by atoms with Crippen LogP contribution in [-0.4, -0.2) is 31.8 Å². The number of imidazole rings is 1. The van der Waals surface area contributed by atoms with Gasteiger partial charge in [-0.2, -0.15) is 0 Å². The monoisotopic (exact) mass is 284 g/mol. The molecule has 2 aromatic heterocycles. The van der Waals surface area contributed by atoms with Crippen LogP contribution in [0, 0.1) is 0 Å². The van der Waals surface area contributed by atoms with Crippen LogP contribution >= 0.6 is 0 Å². The van der Waals surface area contributed by atoms with Crippen LogP contribution in [0.3, 0.4) is 0 Å². The molecule has 3 amide bonds. The van der Waals surface area contributed by atoms with Crippen molar-refractivity contribution in [3.8, 4) is 0 Å². The molecule has 1 saturated heterocycles. The normalized spacial score (nSPS) is 20.7. The minimum absolute atomic E-state index is 0.0953. The lowest BCUT2D eigenvalue weighted by Crippen LogP contribution is -2.44. The molecule has 6 nitrogen and oxygen atoms in total. The van der Waals surface area contributed by atoms with Gasteiger partial charge in [0.2, 0.25) is 0 Å². The van der Waals surface area contributed by atoms with Crippen LogP contribution in [0.1, 0.15) is 31.4 Å². The number of nitrogens with zero attached hydrogens (tertiary/aromatic N) is 3. The number of pyridine rings is 1. The molecule has 2 aliphatic rings. The second-order valence-electron chi connectivity index (χ2n) is 5.81. The summed E-state index contributed by atoms with van der Waals surface area (Å²) in [6.45, 7) is 0.230. The highest BCUT2D eigenvalue weighted by molar-refractivity contribution is 6.07. The molecule has 0 atom stereocenters. The van der Waals surface area contributed by atoms with Gasteiger partial charge in [-0.3, -0.25) is 9.69 Å². The number of nitrogens with one attached hydrogen (secondary N) is 1. The predicted octanol–water partition coefficient (Wildman–Crippen LogP) is 1.70. The number of amides is 3. The Morgan fingerprint density at radius 2 is 2.05 bits per heavy atom. The first kappa shape index (κ1) is 12.4.